The van der Waals surface area contributed by atoms with Crippen molar-refractivity contribution >= 4 is 11.8 Å². The predicted octanol–water partition coefficient (Wildman–Crippen LogP) is -0.904. The van der Waals surface area contributed by atoms with Crippen molar-refractivity contribution in [3.05, 3.63) is 11.6 Å². The van der Waals surface area contributed by atoms with Gasteiger partial charge in [0.2, 0.25) is 11.8 Å². The minimum atomic E-state index is -0.183. The quantitative estimate of drug-likeness (QED) is 0.702. The zero-order chi connectivity index (χ0) is 18.5. The maximum absolute atomic E-state index is 12.6. The van der Waals surface area contributed by atoms with Crippen LogP contribution in [0.2, 0.25) is 0 Å². The Morgan fingerprint density at radius 1 is 1.23 bits per heavy atom. The predicted molar refractivity (Wildman–Crippen MR) is 94.4 cm³/mol. The van der Waals surface area contributed by atoms with Crippen LogP contribution in [-0.2, 0) is 20.9 Å². The number of rotatable bonds is 5. The number of carbonyl (C=O) groups excluding carboxylic acids is 2. The highest BCUT2D eigenvalue weighted by Crippen LogP contribution is 2.19. The number of nitrogens with zero attached hydrogens (tertiary/aromatic N) is 4. The van der Waals surface area contributed by atoms with Crippen molar-refractivity contribution in [1.82, 2.24) is 30.3 Å². The lowest BCUT2D eigenvalue weighted by Gasteiger charge is -2.34. The highest BCUT2D eigenvalue weighted by Gasteiger charge is 2.33. The summed E-state index contributed by atoms with van der Waals surface area (Å²) in [6, 6.07) is 0. The fourth-order valence-corrected chi connectivity index (χ4v) is 3.57. The molecule has 0 aromatic carbocycles. The van der Waals surface area contributed by atoms with Crippen molar-refractivity contribution < 1.29 is 14.3 Å². The van der Waals surface area contributed by atoms with Crippen LogP contribution in [0.3, 0.4) is 0 Å². The number of nitrogens with one attached hydrogen (secondary N) is 2. The second-order valence-corrected chi connectivity index (χ2v) is 6.95. The molecule has 2 atom stereocenters. The second kappa shape index (κ2) is 8.59. The number of ether oxygens (including phenoxy) is 1. The lowest BCUT2D eigenvalue weighted by Crippen LogP contribution is -2.51. The van der Waals surface area contributed by atoms with E-state index in [1.165, 1.54) is 0 Å². The van der Waals surface area contributed by atoms with E-state index in [1.54, 1.807) is 4.68 Å². The topological polar surface area (TPSA) is 101 Å². The average Bonchev–Trinajstić information content (AvgIpc) is 2.99. The van der Waals surface area contributed by atoms with Crippen molar-refractivity contribution in [3.8, 4) is 0 Å². The van der Waals surface area contributed by atoms with Gasteiger partial charge in [-0.25, -0.2) is 9.67 Å². The molecule has 1 aromatic rings. The molecule has 9 heteroatoms. The van der Waals surface area contributed by atoms with Crippen LogP contribution in [0.5, 0.6) is 0 Å². The smallest absolute Gasteiger partial charge is 0.227 e. The third-order valence-electron chi connectivity index (χ3n) is 4.98. The van der Waals surface area contributed by atoms with Gasteiger partial charge in [0.05, 0.1) is 31.6 Å². The van der Waals surface area contributed by atoms with Crippen molar-refractivity contribution in [2.75, 3.05) is 45.9 Å². The maximum atomic E-state index is 12.6. The monoisotopic (exact) mass is 364 g/mol. The van der Waals surface area contributed by atoms with Crippen molar-refractivity contribution in [2.45, 2.75) is 26.8 Å². The van der Waals surface area contributed by atoms with Crippen LogP contribution >= 0.6 is 0 Å². The Morgan fingerprint density at radius 3 is 2.65 bits per heavy atom. The highest BCUT2D eigenvalue weighted by atomic mass is 16.5. The number of hydrogen-bond donors (Lipinski definition) is 2. The van der Waals surface area contributed by atoms with Crippen LogP contribution in [0.1, 0.15) is 18.1 Å². The average molecular weight is 364 g/mol. The van der Waals surface area contributed by atoms with E-state index < -0.39 is 0 Å². The second-order valence-electron chi connectivity index (χ2n) is 6.95. The number of aromatic nitrogens is 3. The molecule has 2 N–H and O–H groups in total. The maximum Gasteiger partial charge on any atom is 0.227 e. The summed E-state index contributed by atoms with van der Waals surface area (Å²) in [5.74, 6) is 1.37. The molecule has 0 saturated carbocycles. The zero-order valence-corrected chi connectivity index (χ0v) is 15.5. The van der Waals surface area contributed by atoms with E-state index in [0.29, 0.717) is 58.9 Å². The molecule has 1 aromatic heterocycles. The summed E-state index contributed by atoms with van der Waals surface area (Å²) >= 11 is 0. The molecule has 2 fully saturated rings. The van der Waals surface area contributed by atoms with Gasteiger partial charge in [-0.2, -0.15) is 5.10 Å². The Hall–Kier alpha value is -2.00. The van der Waals surface area contributed by atoms with Crippen LogP contribution < -0.4 is 10.6 Å². The molecule has 0 spiro atoms. The van der Waals surface area contributed by atoms with Crippen LogP contribution in [0, 0.1) is 25.7 Å². The summed E-state index contributed by atoms with van der Waals surface area (Å²) in [6.45, 7) is 8.56. The Bertz CT molecular complexity index is 640. The van der Waals surface area contributed by atoms with E-state index in [9.17, 15) is 9.59 Å². The first-order valence-corrected chi connectivity index (χ1v) is 9.27. The molecular formula is C17H28N6O3. The van der Waals surface area contributed by atoms with Gasteiger partial charge in [-0.05, 0) is 20.3 Å². The summed E-state index contributed by atoms with van der Waals surface area (Å²) in [5.41, 5.74) is 0. The highest BCUT2D eigenvalue weighted by molar-refractivity contribution is 5.83. The third kappa shape index (κ3) is 4.59. The Labute approximate surface area is 153 Å². The van der Waals surface area contributed by atoms with Gasteiger partial charge >= 0.3 is 0 Å². The van der Waals surface area contributed by atoms with Gasteiger partial charge in [0.25, 0.3) is 0 Å². The lowest BCUT2D eigenvalue weighted by atomic mass is 9.88. The van der Waals surface area contributed by atoms with E-state index in [4.69, 9.17) is 4.74 Å². The molecule has 3 heterocycles. The van der Waals surface area contributed by atoms with Gasteiger partial charge in [-0.15, -0.1) is 0 Å². The van der Waals surface area contributed by atoms with Crippen molar-refractivity contribution in [2.24, 2.45) is 11.8 Å². The number of morpholine rings is 1. The molecule has 2 amide bonds. The fourth-order valence-electron chi connectivity index (χ4n) is 3.57. The van der Waals surface area contributed by atoms with E-state index in [-0.39, 0.29) is 23.7 Å². The molecule has 0 aliphatic carbocycles. The van der Waals surface area contributed by atoms with Gasteiger partial charge in [-0.3, -0.25) is 9.59 Å². The largest absolute Gasteiger partial charge is 0.378 e. The molecule has 2 aliphatic rings. The van der Waals surface area contributed by atoms with E-state index >= 15 is 0 Å². The summed E-state index contributed by atoms with van der Waals surface area (Å²) in [4.78, 5) is 31.2. The van der Waals surface area contributed by atoms with Crippen LogP contribution in [0.15, 0.2) is 0 Å². The van der Waals surface area contributed by atoms with Crippen LogP contribution in [0.4, 0.5) is 0 Å². The first kappa shape index (κ1) is 18.8. The van der Waals surface area contributed by atoms with Gasteiger partial charge in [-0.1, -0.05) is 0 Å². The van der Waals surface area contributed by atoms with Crippen molar-refractivity contribution in [1.29, 1.82) is 0 Å². The normalized spacial score (nSPS) is 23.7. The molecular weight excluding hydrogens is 336 g/mol. The number of piperidine rings is 1. The van der Waals surface area contributed by atoms with Crippen molar-refractivity contribution in [3.63, 3.8) is 0 Å². The third-order valence-corrected chi connectivity index (χ3v) is 4.98. The molecule has 9 nitrogen and oxygen atoms in total. The SMILES string of the molecule is Cc1nc(C)n(CCNC(=O)[C@H]2CNC[C@@H](C(=O)N3CCOCC3)C2)n1. The van der Waals surface area contributed by atoms with E-state index in [2.05, 4.69) is 20.7 Å². The standard InChI is InChI=1S/C17H28N6O3/c1-12-20-13(2)23(21-12)4-3-19-16(24)14-9-15(11-18-10-14)17(25)22-5-7-26-8-6-22/h14-15,18H,3-11H2,1-2H3,(H,19,24)/t14-,15+/m1/s1. The molecule has 0 unspecified atom stereocenters. The van der Waals surface area contributed by atoms with E-state index in [1.807, 2.05) is 18.7 Å². The van der Waals surface area contributed by atoms with Gasteiger partial charge in [0.15, 0.2) is 0 Å². The van der Waals surface area contributed by atoms with Crippen LogP contribution in [0.25, 0.3) is 0 Å². The summed E-state index contributed by atoms with van der Waals surface area (Å²) in [6.07, 6.45) is 0.594. The lowest BCUT2D eigenvalue weighted by molar-refractivity contribution is -0.141. The Balaban J connectivity index is 1.46. The summed E-state index contributed by atoms with van der Waals surface area (Å²) < 4.78 is 7.09. The first-order chi connectivity index (χ1) is 12.5. The number of hydrogen-bond acceptors (Lipinski definition) is 6. The number of aryl methyl sites for hydroxylation is 2. The molecule has 3 rings (SSSR count). The minimum Gasteiger partial charge on any atom is -0.378 e. The molecule has 26 heavy (non-hydrogen) atoms. The Kier molecular flexibility index (Phi) is 6.20. The van der Waals surface area contributed by atoms with Gasteiger partial charge in [0.1, 0.15) is 11.6 Å². The first-order valence-electron chi connectivity index (χ1n) is 9.27. The molecule has 2 aliphatic heterocycles. The molecule has 144 valence electrons. The molecule has 0 radical (unpaired) electrons. The van der Waals surface area contributed by atoms with E-state index in [0.717, 1.165) is 11.6 Å². The Morgan fingerprint density at radius 2 is 1.96 bits per heavy atom. The zero-order valence-electron chi connectivity index (χ0n) is 15.5. The molecule has 2 saturated heterocycles. The number of carbonyl (C=O) groups is 2. The summed E-state index contributed by atoms with van der Waals surface area (Å²) in [5, 5.41) is 10.5. The van der Waals surface area contributed by atoms with Crippen LogP contribution in [-0.4, -0.2) is 77.4 Å². The van der Waals surface area contributed by atoms with Gasteiger partial charge in [0, 0.05) is 32.7 Å². The summed E-state index contributed by atoms with van der Waals surface area (Å²) in [7, 11) is 0. The minimum absolute atomic E-state index is 0.00790. The fraction of sp³-hybridized carbons (Fsp3) is 0.765. The number of amides is 2. The van der Waals surface area contributed by atoms with Gasteiger partial charge < -0.3 is 20.3 Å². The molecule has 0 bridgehead atoms.